The second-order valence-electron chi connectivity index (χ2n) is 4.45. The molecule has 0 spiro atoms. The molecule has 1 aromatic carbocycles. The molecule has 96 valence electrons. The molecule has 0 fully saturated rings. The summed E-state index contributed by atoms with van der Waals surface area (Å²) in [6.07, 6.45) is 0. The molecule has 2 nitrogen and oxygen atoms in total. The highest BCUT2D eigenvalue weighted by Crippen LogP contribution is 2.25. The number of hydrogen-bond donors (Lipinski definition) is 1. The number of ether oxygens (including phenoxy) is 1. The van der Waals surface area contributed by atoms with Crippen molar-refractivity contribution < 1.29 is 9.84 Å². The van der Waals surface area contributed by atoms with E-state index in [1.807, 2.05) is 24.3 Å². The van der Waals surface area contributed by atoms with Crippen molar-refractivity contribution in [2.75, 3.05) is 13.2 Å². The Morgan fingerprint density at radius 2 is 1.83 bits per heavy atom. The average molecular weight is 262 g/mol. The largest absolute Gasteiger partial charge is 0.493 e. The van der Waals surface area contributed by atoms with Crippen LogP contribution in [0.1, 0.15) is 21.2 Å². The van der Waals surface area contributed by atoms with Gasteiger partial charge in [0.15, 0.2) is 0 Å². The first kappa shape index (κ1) is 13.1. The van der Waals surface area contributed by atoms with E-state index in [1.165, 1.54) is 15.3 Å². The zero-order valence-corrected chi connectivity index (χ0v) is 11.5. The van der Waals surface area contributed by atoms with Crippen LogP contribution < -0.4 is 4.74 Å². The van der Waals surface area contributed by atoms with E-state index in [9.17, 15) is 5.11 Å². The lowest BCUT2D eigenvalue weighted by Crippen LogP contribution is -2.12. The molecule has 0 saturated carbocycles. The molecule has 0 aliphatic carbocycles. The van der Waals surface area contributed by atoms with Crippen LogP contribution in [0.4, 0.5) is 0 Å². The monoisotopic (exact) mass is 262 g/mol. The highest BCUT2D eigenvalue weighted by Gasteiger charge is 2.13. The van der Waals surface area contributed by atoms with Crippen LogP contribution in [-0.4, -0.2) is 18.3 Å². The fourth-order valence-corrected chi connectivity index (χ4v) is 2.68. The first-order valence-corrected chi connectivity index (χ1v) is 6.87. The molecular formula is C15H18O2S. The van der Waals surface area contributed by atoms with E-state index in [4.69, 9.17) is 4.74 Å². The second kappa shape index (κ2) is 6.03. The SMILES string of the molecule is Cc1ccc(OCC(CO)c2ccc(C)s2)cc1. The van der Waals surface area contributed by atoms with Crippen molar-refractivity contribution in [3.05, 3.63) is 51.7 Å². The van der Waals surface area contributed by atoms with Crippen molar-refractivity contribution >= 4 is 11.3 Å². The number of aliphatic hydroxyl groups is 1. The number of rotatable bonds is 5. The van der Waals surface area contributed by atoms with Gasteiger partial charge in [0, 0.05) is 9.75 Å². The molecule has 0 amide bonds. The molecule has 0 aliphatic rings. The van der Waals surface area contributed by atoms with E-state index in [2.05, 4.69) is 26.0 Å². The van der Waals surface area contributed by atoms with Gasteiger partial charge in [0.25, 0.3) is 0 Å². The molecular weight excluding hydrogens is 244 g/mol. The molecule has 18 heavy (non-hydrogen) atoms. The van der Waals surface area contributed by atoms with Gasteiger partial charge in [-0.3, -0.25) is 0 Å². The lowest BCUT2D eigenvalue weighted by atomic mass is 10.1. The van der Waals surface area contributed by atoms with E-state index in [1.54, 1.807) is 11.3 Å². The molecule has 1 unspecified atom stereocenters. The van der Waals surface area contributed by atoms with Crippen LogP contribution in [0.3, 0.4) is 0 Å². The Hall–Kier alpha value is -1.32. The molecule has 1 aromatic heterocycles. The Morgan fingerprint density at radius 1 is 1.11 bits per heavy atom. The van der Waals surface area contributed by atoms with E-state index < -0.39 is 0 Å². The summed E-state index contributed by atoms with van der Waals surface area (Å²) in [5.74, 6) is 0.914. The maximum Gasteiger partial charge on any atom is 0.119 e. The number of aryl methyl sites for hydroxylation is 2. The lowest BCUT2D eigenvalue weighted by molar-refractivity contribution is 0.207. The van der Waals surface area contributed by atoms with Crippen molar-refractivity contribution in [1.82, 2.24) is 0 Å². The van der Waals surface area contributed by atoms with Gasteiger partial charge >= 0.3 is 0 Å². The normalized spacial score (nSPS) is 12.4. The van der Waals surface area contributed by atoms with E-state index in [0.29, 0.717) is 6.61 Å². The van der Waals surface area contributed by atoms with E-state index in [0.717, 1.165) is 5.75 Å². The minimum Gasteiger partial charge on any atom is -0.493 e. The predicted molar refractivity (Wildman–Crippen MR) is 75.6 cm³/mol. The zero-order chi connectivity index (χ0) is 13.0. The van der Waals surface area contributed by atoms with Crippen LogP contribution in [0, 0.1) is 13.8 Å². The number of thiophene rings is 1. The van der Waals surface area contributed by atoms with Gasteiger partial charge in [-0.1, -0.05) is 17.7 Å². The van der Waals surface area contributed by atoms with E-state index in [-0.39, 0.29) is 12.5 Å². The zero-order valence-electron chi connectivity index (χ0n) is 10.7. The number of benzene rings is 1. The standard InChI is InChI=1S/C15H18O2S/c1-11-3-6-14(7-4-11)17-10-13(9-16)15-8-5-12(2)18-15/h3-8,13,16H,9-10H2,1-2H3. The maximum atomic E-state index is 9.44. The van der Waals surface area contributed by atoms with Crippen LogP contribution >= 0.6 is 11.3 Å². The summed E-state index contributed by atoms with van der Waals surface area (Å²) in [7, 11) is 0. The van der Waals surface area contributed by atoms with Crippen molar-refractivity contribution in [2.45, 2.75) is 19.8 Å². The molecule has 0 radical (unpaired) electrons. The van der Waals surface area contributed by atoms with Crippen LogP contribution in [0.2, 0.25) is 0 Å². The van der Waals surface area contributed by atoms with Gasteiger partial charge in [-0.05, 0) is 38.1 Å². The van der Waals surface area contributed by atoms with Gasteiger partial charge in [0.2, 0.25) is 0 Å². The molecule has 0 saturated heterocycles. The first-order valence-electron chi connectivity index (χ1n) is 6.05. The summed E-state index contributed by atoms with van der Waals surface area (Å²) in [4.78, 5) is 2.45. The van der Waals surface area contributed by atoms with Crippen LogP contribution in [0.15, 0.2) is 36.4 Å². The van der Waals surface area contributed by atoms with Crippen LogP contribution in [0.5, 0.6) is 5.75 Å². The Morgan fingerprint density at radius 3 is 2.39 bits per heavy atom. The summed E-state index contributed by atoms with van der Waals surface area (Å²) in [5, 5.41) is 9.44. The van der Waals surface area contributed by atoms with Crippen molar-refractivity contribution in [3.63, 3.8) is 0 Å². The summed E-state index contributed by atoms with van der Waals surface area (Å²) in [5.41, 5.74) is 1.22. The molecule has 1 atom stereocenters. The lowest BCUT2D eigenvalue weighted by Gasteiger charge is -2.14. The molecule has 0 aliphatic heterocycles. The minimum absolute atomic E-state index is 0.0602. The molecule has 1 heterocycles. The molecule has 3 heteroatoms. The Bertz CT molecular complexity index is 487. The van der Waals surface area contributed by atoms with Gasteiger partial charge in [-0.2, -0.15) is 0 Å². The summed E-state index contributed by atoms with van der Waals surface area (Å²) in [6.45, 7) is 4.75. The van der Waals surface area contributed by atoms with Gasteiger partial charge in [0.05, 0.1) is 19.1 Å². The number of hydrogen-bond acceptors (Lipinski definition) is 3. The molecule has 2 aromatic rings. The molecule has 0 bridgehead atoms. The molecule has 2 rings (SSSR count). The maximum absolute atomic E-state index is 9.44. The number of aliphatic hydroxyl groups excluding tert-OH is 1. The van der Waals surface area contributed by atoms with Crippen molar-refractivity contribution in [2.24, 2.45) is 0 Å². The Balaban J connectivity index is 1.97. The fourth-order valence-electron chi connectivity index (χ4n) is 1.73. The second-order valence-corrected chi connectivity index (χ2v) is 5.77. The Kier molecular flexibility index (Phi) is 4.39. The third-order valence-corrected chi connectivity index (χ3v) is 4.02. The third-order valence-electron chi connectivity index (χ3n) is 2.86. The van der Waals surface area contributed by atoms with Crippen molar-refractivity contribution in [3.8, 4) is 5.75 Å². The van der Waals surface area contributed by atoms with E-state index >= 15 is 0 Å². The van der Waals surface area contributed by atoms with Crippen LogP contribution in [0.25, 0.3) is 0 Å². The third kappa shape index (κ3) is 3.34. The van der Waals surface area contributed by atoms with Crippen molar-refractivity contribution in [1.29, 1.82) is 0 Å². The summed E-state index contributed by atoms with van der Waals surface area (Å²) >= 11 is 1.72. The van der Waals surface area contributed by atoms with Crippen LogP contribution in [-0.2, 0) is 0 Å². The van der Waals surface area contributed by atoms with Gasteiger partial charge in [0.1, 0.15) is 5.75 Å². The average Bonchev–Trinajstić information content (AvgIpc) is 2.79. The fraction of sp³-hybridized carbons (Fsp3) is 0.333. The highest BCUT2D eigenvalue weighted by molar-refractivity contribution is 7.12. The first-order chi connectivity index (χ1) is 8.69. The highest BCUT2D eigenvalue weighted by atomic mass is 32.1. The van der Waals surface area contributed by atoms with Gasteiger partial charge in [-0.25, -0.2) is 0 Å². The topological polar surface area (TPSA) is 29.5 Å². The smallest absolute Gasteiger partial charge is 0.119 e. The summed E-state index contributed by atoms with van der Waals surface area (Å²) < 4.78 is 5.72. The Labute approximate surface area is 112 Å². The van der Waals surface area contributed by atoms with Gasteiger partial charge < -0.3 is 9.84 Å². The quantitative estimate of drug-likeness (QED) is 0.893. The van der Waals surface area contributed by atoms with Gasteiger partial charge in [-0.15, -0.1) is 11.3 Å². The minimum atomic E-state index is 0.0602. The molecule has 1 N–H and O–H groups in total. The predicted octanol–water partition coefficient (Wildman–Crippen LogP) is 3.52. The summed E-state index contributed by atoms with van der Waals surface area (Å²) in [6, 6.07) is 12.1.